The van der Waals surface area contributed by atoms with Crippen molar-refractivity contribution in [1.82, 2.24) is 0 Å². The van der Waals surface area contributed by atoms with E-state index in [0.29, 0.717) is 10.7 Å². The summed E-state index contributed by atoms with van der Waals surface area (Å²) in [6, 6.07) is 15.9. The predicted molar refractivity (Wildman–Crippen MR) is 95.6 cm³/mol. The molecule has 0 spiro atoms. The smallest absolute Gasteiger partial charge is 0.155 e. The summed E-state index contributed by atoms with van der Waals surface area (Å²) >= 11 is 5.95. The number of carbonyl (C=O) groups excluding carboxylic acids is 2. The van der Waals surface area contributed by atoms with Gasteiger partial charge in [0.05, 0.1) is 17.3 Å². The molecule has 122 valence electrons. The molecule has 0 amide bonds. The van der Waals surface area contributed by atoms with Gasteiger partial charge in [-0.2, -0.15) is 5.10 Å². The van der Waals surface area contributed by atoms with Gasteiger partial charge in [-0.15, -0.1) is 0 Å². The first-order valence-electron chi connectivity index (χ1n) is 7.68. The SMILES string of the molecule is CC(=O)[C@H]1C(c2ccccc2)=NN(c2ccc(Cl)cc2)[C@@H]1C(C)=O. The van der Waals surface area contributed by atoms with Crippen molar-refractivity contribution in [2.24, 2.45) is 11.0 Å². The largest absolute Gasteiger partial charge is 0.299 e. The third-order valence-electron chi connectivity index (χ3n) is 4.10. The fourth-order valence-electron chi connectivity index (χ4n) is 3.01. The Hall–Kier alpha value is -2.46. The Kier molecular flexibility index (Phi) is 4.49. The molecule has 1 heterocycles. The van der Waals surface area contributed by atoms with Crippen molar-refractivity contribution in [3.8, 4) is 0 Å². The molecule has 2 atom stereocenters. The Morgan fingerprint density at radius 2 is 1.58 bits per heavy atom. The number of ketones is 2. The van der Waals surface area contributed by atoms with Gasteiger partial charge in [0, 0.05) is 5.02 Å². The fourth-order valence-corrected chi connectivity index (χ4v) is 3.14. The van der Waals surface area contributed by atoms with Crippen LogP contribution in [-0.4, -0.2) is 23.3 Å². The van der Waals surface area contributed by atoms with Crippen LogP contribution in [0.3, 0.4) is 0 Å². The molecule has 5 heteroatoms. The maximum atomic E-state index is 12.3. The van der Waals surface area contributed by atoms with Gasteiger partial charge in [0.25, 0.3) is 0 Å². The van der Waals surface area contributed by atoms with E-state index >= 15 is 0 Å². The number of carbonyl (C=O) groups is 2. The molecule has 0 fully saturated rings. The molecule has 0 saturated heterocycles. The zero-order chi connectivity index (χ0) is 17.3. The molecule has 24 heavy (non-hydrogen) atoms. The lowest BCUT2D eigenvalue weighted by molar-refractivity contribution is -0.124. The van der Waals surface area contributed by atoms with Crippen molar-refractivity contribution in [1.29, 1.82) is 0 Å². The van der Waals surface area contributed by atoms with Gasteiger partial charge in [0.15, 0.2) is 5.78 Å². The molecule has 0 aromatic heterocycles. The number of rotatable bonds is 4. The lowest BCUT2D eigenvalue weighted by Gasteiger charge is -2.24. The van der Waals surface area contributed by atoms with Gasteiger partial charge < -0.3 is 0 Å². The second kappa shape index (κ2) is 6.57. The monoisotopic (exact) mass is 340 g/mol. The highest BCUT2D eigenvalue weighted by Crippen LogP contribution is 2.32. The highest BCUT2D eigenvalue weighted by Gasteiger charge is 2.44. The third kappa shape index (κ3) is 2.97. The fraction of sp³-hybridized carbons (Fsp3) is 0.211. The van der Waals surface area contributed by atoms with E-state index in [1.807, 2.05) is 30.3 Å². The van der Waals surface area contributed by atoms with E-state index in [1.54, 1.807) is 29.3 Å². The number of hydrogen-bond acceptors (Lipinski definition) is 4. The van der Waals surface area contributed by atoms with Crippen LogP contribution in [0.25, 0.3) is 0 Å². The quantitative estimate of drug-likeness (QED) is 0.852. The summed E-state index contributed by atoms with van der Waals surface area (Å²) in [5, 5.41) is 6.87. The first kappa shape index (κ1) is 16.4. The van der Waals surface area contributed by atoms with Gasteiger partial charge in [-0.1, -0.05) is 41.9 Å². The van der Waals surface area contributed by atoms with E-state index in [9.17, 15) is 9.59 Å². The normalized spacial score (nSPS) is 20.0. The molecule has 0 bridgehead atoms. The highest BCUT2D eigenvalue weighted by atomic mass is 35.5. The average Bonchev–Trinajstić information content (AvgIpc) is 2.97. The second-order valence-electron chi connectivity index (χ2n) is 5.82. The number of hydrazone groups is 1. The van der Waals surface area contributed by atoms with Crippen LogP contribution in [0, 0.1) is 5.92 Å². The van der Waals surface area contributed by atoms with E-state index < -0.39 is 12.0 Å². The summed E-state index contributed by atoms with van der Waals surface area (Å²) in [6.45, 7) is 3.00. The lowest BCUT2D eigenvalue weighted by atomic mass is 9.86. The summed E-state index contributed by atoms with van der Waals surface area (Å²) in [5.74, 6) is -0.755. The minimum absolute atomic E-state index is 0.0748. The Morgan fingerprint density at radius 3 is 2.12 bits per heavy atom. The second-order valence-corrected chi connectivity index (χ2v) is 6.25. The zero-order valence-electron chi connectivity index (χ0n) is 13.4. The molecule has 4 nitrogen and oxygen atoms in total. The van der Waals surface area contributed by atoms with Crippen molar-refractivity contribution in [2.45, 2.75) is 19.9 Å². The number of benzene rings is 2. The van der Waals surface area contributed by atoms with Gasteiger partial charge >= 0.3 is 0 Å². The van der Waals surface area contributed by atoms with Crippen LogP contribution in [0.4, 0.5) is 5.69 Å². The molecule has 0 aliphatic carbocycles. The maximum absolute atomic E-state index is 12.3. The van der Waals surface area contributed by atoms with Crippen molar-refractivity contribution < 1.29 is 9.59 Å². The maximum Gasteiger partial charge on any atom is 0.155 e. The molecule has 2 aromatic rings. The van der Waals surface area contributed by atoms with Crippen LogP contribution in [0.5, 0.6) is 0 Å². The molecule has 2 aromatic carbocycles. The van der Waals surface area contributed by atoms with E-state index in [4.69, 9.17) is 11.6 Å². The minimum atomic E-state index is -0.640. The van der Waals surface area contributed by atoms with Gasteiger partial charge in [0.1, 0.15) is 11.8 Å². The first-order valence-corrected chi connectivity index (χ1v) is 8.06. The Bertz CT molecular complexity index is 800. The Morgan fingerprint density at radius 1 is 0.958 bits per heavy atom. The average molecular weight is 341 g/mol. The standard InChI is InChI=1S/C19H17ClN2O2/c1-12(23)17-18(14-6-4-3-5-7-14)21-22(19(17)13(2)24)16-10-8-15(20)9-11-16/h3-11,17,19H,1-2H3/t17-,19+/m0/s1. The van der Waals surface area contributed by atoms with E-state index in [0.717, 1.165) is 11.3 Å². The van der Waals surface area contributed by atoms with Gasteiger partial charge in [0.2, 0.25) is 0 Å². The first-order chi connectivity index (χ1) is 11.5. The summed E-state index contributed by atoms with van der Waals surface area (Å²) in [6.07, 6.45) is 0. The minimum Gasteiger partial charge on any atom is -0.299 e. The molecule has 1 aliphatic heterocycles. The number of nitrogens with zero attached hydrogens (tertiary/aromatic N) is 2. The van der Waals surface area contributed by atoms with E-state index in [1.165, 1.54) is 13.8 Å². The van der Waals surface area contributed by atoms with Gasteiger partial charge in [-0.3, -0.25) is 14.6 Å². The summed E-state index contributed by atoms with van der Waals surface area (Å²) in [5.41, 5.74) is 2.20. The van der Waals surface area contributed by atoms with Crippen LogP contribution in [-0.2, 0) is 9.59 Å². The zero-order valence-corrected chi connectivity index (χ0v) is 14.2. The molecule has 0 saturated carbocycles. The Balaban J connectivity index is 2.12. The summed E-state index contributed by atoms with van der Waals surface area (Å²) in [7, 11) is 0. The highest BCUT2D eigenvalue weighted by molar-refractivity contribution is 6.30. The van der Waals surface area contributed by atoms with Crippen LogP contribution < -0.4 is 5.01 Å². The van der Waals surface area contributed by atoms with Crippen LogP contribution in [0.2, 0.25) is 5.02 Å². The molecule has 0 N–H and O–H groups in total. The molecular weight excluding hydrogens is 324 g/mol. The Labute approximate surface area is 145 Å². The number of halogens is 1. The molecule has 1 aliphatic rings. The van der Waals surface area contributed by atoms with Crippen molar-refractivity contribution in [3.63, 3.8) is 0 Å². The number of hydrogen-bond donors (Lipinski definition) is 0. The van der Waals surface area contributed by atoms with Crippen LogP contribution in [0.15, 0.2) is 59.7 Å². The van der Waals surface area contributed by atoms with Crippen molar-refractivity contribution >= 4 is 34.6 Å². The van der Waals surface area contributed by atoms with E-state index in [2.05, 4.69) is 5.10 Å². The van der Waals surface area contributed by atoms with Crippen molar-refractivity contribution in [2.75, 3.05) is 5.01 Å². The molecule has 0 unspecified atom stereocenters. The van der Waals surface area contributed by atoms with E-state index in [-0.39, 0.29) is 11.6 Å². The molecular formula is C19H17ClN2O2. The third-order valence-corrected chi connectivity index (χ3v) is 4.36. The lowest BCUT2D eigenvalue weighted by Crippen LogP contribution is -2.42. The number of anilines is 1. The number of Topliss-reactive ketones (excluding diaryl/α,β-unsaturated/α-hetero) is 2. The topological polar surface area (TPSA) is 49.7 Å². The summed E-state index contributed by atoms with van der Waals surface area (Å²) < 4.78 is 0. The predicted octanol–water partition coefficient (Wildman–Crippen LogP) is 3.73. The van der Waals surface area contributed by atoms with Gasteiger partial charge in [-0.05, 0) is 43.7 Å². The molecule has 0 radical (unpaired) electrons. The van der Waals surface area contributed by atoms with Crippen LogP contribution >= 0.6 is 11.6 Å². The summed E-state index contributed by atoms with van der Waals surface area (Å²) in [4.78, 5) is 24.6. The van der Waals surface area contributed by atoms with Crippen molar-refractivity contribution in [3.05, 3.63) is 65.2 Å². The van der Waals surface area contributed by atoms with Crippen LogP contribution in [0.1, 0.15) is 19.4 Å². The van der Waals surface area contributed by atoms with Gasteiger partial charge in [-0.25, -0.2) is 0 Å². The molecule has 3 rings (SSSR count).